The van der Waals surface area contributed by atoms with E-state index >= 15 is 0 Å². The molecule has 1 aromatic rings. The summed E-state index contributed by atoms with van der Waals surface area (Å²) in [6.07, 6.45) is 5.13. The number of hydrogen-bond donors (Lipinski definition) is 1. The quantitative estimate of drug-likeness (QED) is 0.920. The molecule has 1 N–H and O–H groups in total. The molecule has 0 radical (unpaired) electrons. The predicted molar refractivity (Wildman–Crippen MR) is 80.3 cm³/mol. The Morgan fingerprint density at radius 2 is 2.15 bits per heavy atom. The molecular formula is C16H24N2O2. The zero-order chi connectivity index (χ0) is 14.7. The van der Waals surface area contributed by atoms with E-state index in [9.17, 15) is 4.79 Å². The fraction of sp³-hybridized carbons (Fsp3) is 0.625. The molecular weight excluding hydrogens is 252 g/mol. The van der Waals surface area contributed by atoms with Gasteiger partial charge in [-0.15, -0.1) is 0 Å². The number of anilines is 1. The van der Waals surface area contributed by atoms with Crippen LogP contribution in [0, 0.1) is 18.8 Å². The smallest absolute Gasteiger partial charge is 0.337 e. The summed E-state index contributed by atoms with van der Waals surface area (Å²) in [6.45, 7) is 8.57. The van der Waals surface area contributed by atoms with Crippen molar-refractivity contribution in [1.29, 1.82) is 0 Å². The van der Waals surface area contributed by atoms with Crippen LogP contribution in [0.15, 0.2) is 12.3 Å². The lowest BCUT2D eigenvalue weighted by molar-refractivity contribution is 0.0696. The Morgan fingerprint density at radius 1 is 1.40 bits per heavy atom. The number of carboxylic acid groups (broad SMARTS) is 1. The zero-order valence-electron chi connectivity index (χ0n) is 12.6. The summed E-state index contributed by atoms with van der Waals surface area (Å²) in [6, 6.07) is 1.72. The number of carboxylic acids is 1. The van der Waals surface area contributed by atoms with Crippen molar-refractivity contribution in [2.45, 2.75) is 40.0 Å². The monoisotopic (exact) mass is 276 g/mol. The van der Waals surface area contributed by atoms with E-state index in [1.165, 1.54) is 25.5 Å². The normalized spacial score (nSPS) is 20.0. The summed E-state index contributed by atoms with van der Waals surface area (Å²) in [5, 5.41) is 9.00. The second-order valence-corrected chi connectivity index (χ2v) is 6.09. The lowest BCUT2D eigenvalue weighted by Gasteiger charge is -2.24. The van der Waals surface area contributed by atoms with Crippen molar-refractivity contribution in [2.75, 3.05) is 18.0 Å². The Balaban J connectivity index is 2.13. The summed E-state index contributed by atoms with van der Waals surface area (Å²) in [7, 11) is 0. The molecule has 1 saturated heterocycles. The second kappa shape index (κ2) is 6.25. The number of hydrogen-bond acceptors (Lipinski definition) is 3. The van der Waals surface area contributed by atoms with E-state index in [1.807, 2.05) is 6.92 Å². The van der Waals surface area contributed by atoms with Crippen molar-refractivity contribution < 1.29 is 9.90 Å². The van der Waals surface area contributed by atoms with Crippen molar-refractivity contribution in [3.63, 3.8) is 0 Å². The third-order valence-electron chi connectivity index (χ3n) is 4.31. The van der Waals surface area contributed by atoms with Gasteiger partial charge < -0.3 is 10.0 Å². The average Bonchev–Trinajstić information content (AvgIpc) is 2.64. The van der Waals surface area contributed by atoms with Gasteiger partial charge in [0.2, 0.25) is 0 Å². The fourth-order valence-electron chi connectivity index (χ4n) is 3.02. The number of pyridine rings is 1. The van der Waals surface area contributed by atoms with Crippen LogP contribution in [0.5, 0.6) is 0 Å². The number of aryl methyl sites for hydroxylation is 1. The van der Waals surface area contributed by atoms with E-state index in [0.29, 0.717) is 0 Å². The van der Waals surface area contributed by atoms with Crippen molar-refractivity contribution in [2.24, 2.45) is 11.8 Å². The molecule has 1 unspecified atom stereocenters. The molecule has 1 aromatic heterocycles. The molecule has 2 rings (SSSR count). The first-order valence-electron chi connectivity index (χ1n) is 7.44. The highest BCUT2D eigenvalue weighted by atomic mass is 16.4. The van der Waals surface area contributed by atoms with Gasteiger partial charge in [-0.2, -0.15) is 0 Å². The first kappa shape index (κ1) is 14.8. The molecule has 4 nitrogen and oxygen atoms in total. The summed E-state index contributed by atoms with van der Waals surface area (Å²) < 4.78 is 0. The summed E-state index contributed by atoms with van der Waals surface area (Å²) in [4.78, 5) is 17.6. The molecule has 1 aliphatic rings. The Morgan fingerprint density at radius 3 is 2.75 bits per heavy atom. The maximum Gasteiger partial charge on any atom is 0.337 e. The van der Waals surface area contributed by atoms with Gasteiger partial charge in [0.25, 0.3) is 0 Å². The van der Waals surface area contributed by atoms with E-state index in [-0.39, 0.29) is 5.56 Å². The molecule has 2 heterocycles. The van der Waals surface area contributed by atoms with Crippen molar-refractivity contribution >= 4 is 11.8 Å². The van der Waals surface area contributed by atoms with Crippen molar-refractivity contribution in [1.82, 2.24) is 4.98 Å². The van der Waals surface area contributed by atoms with Gasteiger partial charge in [-0.05, 0) is 49.7 Å². The number of aromatic nitrogens is 1. The minimum Gasteiger partial charge on any atom is -0.478 e. The van der Waals surface area contributed by atoms with Crippen LogP contribution in [0.1, 0.15) is 49.0 Å². The maximum atomic E-state index is 11.0. The highest BCUT2D eigenvalue weighted by Gasteiger charge is 2.21. The maximum absolute atomic E-state index is 11.0. The second-order valence-electron chi connectivity index (χ2n) is 6.09. The SMILES string of the molecule is Cc1cc(C(=O)O)cnc1N1CCCC(C(C)C)CC1. The summed E-state index contributed by atoms with van der Waals surface area (Å²) >= 11 is 0. The van der Waals surface area contributed by atoms with Crippen LogP contribution >= 0.6 is 0 Å². The van der Waals surface area contributed by atoms with E-state index in [1.54, 1.807) is 6.07 Å². The number of aromatic carboxylic acids is 1. The number of rotatable bonds is 3. The van der Waals surface area contributed by atoms with Gasteiger partial charge in [0.05, 0.1) is 5.56 Å². The van der Waals surface area contributed by atoms with Crippen molar-refractivity contribution in [3.05, 3.63) is 23.4 Å². The molecule has 110 valence electrons. The minimum atomic E-state index is -0.914. The number of nitrogens with zero attached hydrogens (tertiary/aromatic N) is 2. The van der Waals surface area contributed by atoms with Gasteiger partial charge in [-0.3, -0.25) is 0 Å². The summed E-state index contributed by atoms with van der Waals surface area (Å²) in [5.41, 5.74) is 1.22. The molecule has 0 saturated carbocycles. The molecule has 0 spiro atoms. The van der Waals surface area contributed by atoms with Gasteiger partial charge >= 0.3 is 5.97 Å². The van der Waals surface area contributed by atoms with E-state index in [4.69, 9.17) is 5.11 Å². The Hall–Kier alpha value is -1.58. The van der Waals surface area contributed by atoms with Gasteiger partial charge in [-0.1, -0.05) is 13.8 Å². The molecule has 0 aliphatic carbocycles. The van der Waals surface area contributed by atoms with Crippen LogP contribution in [0.3, 0.4) is 0 Å². The van der Waals surface area contributed by atoms with Crippen LogP contribution in [0.2, 0.25) is 0 Å². The van der Waals surface area contributed by atoms with Gasteiger partial charge in [0.15, 0.2) is 0 Å². The van der Waals surface area contributed by atoms with E-state index in [2.05, 4.69) is 23.7 Å². The molecule has 0 aromatic carbocycles. The van der Waals surface area contributed by atoms with Crippen LogP contribution < -0.4 is 4.90 Å². The van der Waals surface area contributed by atoms with Gasteiger partial charge in [0, 0.05) is 19.3 Å². The Kier molecular flexibility index (Phi) is 4.63. The van der Waals surface area contributed by atoms with E-state index < -0.39 is 5.97 Å². The first-order valence-corrected chi connectivity index (χ1v) is 7.44. The highest BCUT2D eigenvalue weighted by Crippen LogP contribution is 2.28. The first-order chi connectivity index (χ1) is 9.49. The molecule has 4 heteroatoms. The Bertz CT molecular complexity index is 485. The standard InChI is InChI=1S/C16H24N2O2/c1-11(2)13-5-4-7-18(8-6-13)15-12(3)9-14(10-17-15)16(19)20/h9-11,13H,4-8H2,1-3H3,(H,19,20). The highest BCUT2D eigenvalue weighted by molar-refractivity contribution is 5.87. The topological polar surface area (TPSA) is 53.4 Å². The van der Waals surface area contributed by atoms with Gasteiger partial charge in [0.1, 0.15) is 5.82 Å². The van der Waals surface area contributed by atoms with Crippen LogP contribution in [-0.2, 0) is 0 Å². The average molecular weight is 276 g/mol. The minimum absolute atomic E-state index is 0.265. The predicted octanol–water partition coefficient (Wildman–Crippen LogP) is 3.35. The fourth-order valence-corrected chi connectivity index (χ4v) is 3.02. The van der Waals surface area contributed by atoms with E-state index in [0.717, 1.165) is 36.3 Å². The van der Waals surface area contributed by atoms with Crippen LogP contribution in [0.4, 0.5) is 5.82 Å². The third kappa shape index (κ3) is 3.30. The molecule has 0 bridgehead atoms. The van der Waals surface area contributed by atoms with Crippen molar-refractivity contribution in [3.8, 4) is 0 Å². The molecule has 1 atom stereocenters. The molecule has 20 heavy (non-hydrogen) atoms. The molecule has 1 aliphatic heterocycles. The molecule has 0 amide bonds. The zero-order valence-corrected chi connectivity index (χ0v) is 12.6. The summed E-state index contributed by atoms with van der Waals surface area (Å²) in [5.74, 6) is 1.55. The largest absolute Gasteiger partial charge is 0.478 e. The van der Waals surface area contributed by atoms with Gasteiger partial charge in [-0.25, -0.2) is 9.78 Å². The lowest BCUT2D eigenvalue weighted by Crippen LogP contribution is -2.26. The third-order valence-corrected chi connectivity index (χ3v) is 4.31. The van der Waals surface area contributed by atoms with Crippen LogP contribution in [0.25, 0.3) is 0 Å². The number of carbonyl (C=O) groups is 1. The Labute approximate surface area is 120 Å². The lowest BCUT2D eigenvalue weighted by atomic mass is 9.89. The molecule has 1 fully saturated rings. The van der Waals surface area contributed by atoms with Crippen LogP contribution in [-0.4, -0.2) is 29.1 Å².